The summed E-state index contributed by atoms with van der Waals surface area (Å²) < 4.78 is 12.8. The lowest BCUT2D eigenvalue weighted by Crippen LogP contribution is -2.52. The Bertz CT molecular complexity index is 456. The van der Waals surface area contributed by atoms with E-state index in [9.17, 15) is 14.3 Å². The molecule has 0 radical (unpaired) electrons. The van der Waals surface area contributed by atoms with Crippen LogP contribution in [0.5, 0.6) is 0 Å². The standard InChI is InChI=1S/C15H22FN3O2/c1-12(20)11-18-6-8-19(9-7-18)15(21)17-10-13-2-4-14(16)5-3-13/h2-5,12,20H,6-11H2,1H3,(H,17,21)/t12-/m0/s1. The highest BCUT2D eigenvalue weighted by Gasteiger charge is 2.21. The number of carbonyl (C=O) groups excluding carboxylic acids is 1. The monoisotopic (exact) mass is 295 g/mol. The average molecular weight is 295 g/mol. The molecule has 116 valence electrons. The van der Waals surface area contributed by atoms with Crippen LogP contribution in [-0.2, 0) is 6.54 Å². The number of urea groups is 1. The Balaban J connectivity index is 1.73. The quantitative estimate of drug-likeness (QED) is 0.872. The van der Waals surface area contributed by atoms with Crippen LogP contribution in [-0.4, -0.2) is 59.8 Å². The summed E-state index contributed by atoms with van der Waals surface area (Å²) in [6, 6.07) is 6.00. The molecule has 5 nitrogen and oxygen atoms in total. The predicted molar refractivity (Wildman–Crippen MR) is 78.3 cm³/mol. The normalized spacial score (nSPS) is 17.6. The van der Waals surface area contributed by atoms with Gasteiger partial charge in [0.25, 0.3) is 0 Å². The van der Waals surface area contributed by atoms with E-state index in [1.54, 1.807) is 24.0 Å². The van der Waals surface area contributed by atoms with E-state index in [1.807, 2.05) is 0 Å². The Hall–Kier alpha value is -1.66. The molecule has 1 aromatic carbocycles. The fourth-order valence-electron chi connectivity index (χ4n) is 2.40. The molecular weight excluding hydrogens is 273 g/mol. The molecule has 1 fully saturated rings. The van der Waals surface area contributed by atoms with Crippen molar-refractivity contribution in [1.82, 2.24) is 15.1 Å². The SMILES string of the molecule is C[C@H](O)CN1CCN(C(=O)NCc2ccc(F)cc2)CC1. The molecule has 1 aliphatic heterocycles. The smallest absolute Gasteiger partial charge is 0.317 e. The molecule has 0 saturated carbocycles. The second kappa shape index (κ2) is 7.38. The molecule has 0 unspecified atom stereocenters. The van der Waals surface area contributed by atoms with Gasteiger partial charge >= 0.3 is 6.03 Å². The first-order valence-corrected chi connectivity index (χ1v) is 7.22. The highest BCUT2D eigenvalue weighted by atomic mass is 19.1. The van der Waals surface area contributed by atoms with Crippen molar-refractivity contribution in [3.63, 3.8) is 0 Å². The maximum absolute atomic E-state index is 12.8. The van der Waals surface area contributed by atoms with Crippen LogP contribution in [0, 0.1) is 5.82 Å². The molecule has 1 saturated heterocycles. The fourth-order valence-corrected chi connectivity index (χ4v) is 2.40. The number of benzene rings is 1. The third-order valence-electron chi connectivity index (χ3n) is 3.54. The highest BCUT2D eigenvalue weighted by Crippen LogP contribution is 2.05. The first kappa shape index (κ1) is 15.7. The van der Waals surface area contributed by atoms with E-state index in [0.717, 1.165) is 18.7 Å². The molecule has 0 bridgehead atoms. The second-order valence-corrected chi connectivity index (χ2v) is 5.42. The van der Waals surface area contributed by atoms with Crippen molar-refractivity contribution in [3.05, 3.63) is 35.6 Å². The van der Waals surface area contributed by atoms with Crippen LogP contribution >= 0.6 is 0 Å². The van der Waals surface area contributed by atoms with Gasteiger partial charge in [-0.3, -0.25) is 4.90 Å². The molecule has 2 rings (SSSR count). The van der Waals surface area contributed by atoms with Crippen molar-refractivity contribution in [2.45, 2.75) is 19.6 Å². The molecule has 1 atom stereocenters. The number of aliphatic hydroxyl groups excluding tert-OH is 1. The van der Waals surface area contributed by atoms with E-state index in [2.05, 4.69) is 10.2 Å². The van der Waals surface area contributed by atoms with Crippen molar-refractivity contribution >= 4 is 6.03 Å². The molecule has 0 aliphatic carbocycles. The van der Waals surface area contributed by atoms with Crippen LogP contribution in [0.2, 0.25) is 0 Å². The molecule has 0 aromatic heterocycles. The van der Waals surface area contributed by atoms with Gasteiger partial charge < -0.3 is 15.3 Å². The van der Waals surface area contributed by atoms with Crippen molar-refractivity contribution in [3.8, 4) is 0 Å². The Kier molecular flexibility index (Phi) is 5.52. The van der Waals surface area contributed by atoms with E-state index < -0.39 is 0 Å². The minimum Gasteiger partial charge on any atom is -0.392 e. The van der Waals surface area contributed by atoms with Crippen LogP contribution in [0.15, 0.2) is 24.3 Å². The Morgan fingerprint density at radius 2 is 1.90 bits per heavy atom. The molecule has 1 aromatic rings. The lowest BCUT2D eigenvalue weighted by Gasteiger charge is -2.35. The highest BCUT2D eigenvalue weighted by molar-refractivity contribution is 5.74. The first-order chi connectivity index (χ1) is 10.0. The van der Waals surface area contributed by atoms with Gasteiger partial charge in [-0.05, 0) is 24.6 Å². The number of hydrogen-bond donors (Lipinski definition) is 2. The number of rotatable bonds is 4. The predicted octanol–water partition coefficient (Wildman–Crippen LogP) is 1.03. The van der Waals surface area contributed by atoms with Gasteiger partial charge in [0.2, 0.25) is 0 Å². The zero-order valence-electron chi connectivity index (χ0n) is 12.3. The summed E-state index contributed by atoms with van der Waals surface area (Å²) >= 11 is 0. The lowest BCUT2D eigenvalue weighted by atomic mass is 10.2. The number of aliphatic hydroxyl groups is 1. The van der Waals surface area contributed by atoms with Gasteiger partial charge in [0.15, 0.2) is 0 Å². The molecule has 0 spiro atoms. The summed E-state index contributed by atoms with van der Waals surface area (Å²) in [5, 5.41) is 12.2. The molecular formula is C15H22FN3O2. The second-order valence-electron chi connectivity index (χ2n) is 5.42. The number of hydrogen-bond acceptors (Lipinski definition) is 3. The minimum atomic E-state index is -0.344. The Morgan fingerprint density at radius 3 is 2.48 bits per heavy atom. The van der Waals surface area contributed by atoms with E-state index in [-0.39, 0.29) is 18.0 Å². The average Bonchev–Trinajstić information content (AvgIpc) is 2.46. The molecule has 21 heavy (non-hydrogen) atoms. The fraction of sp³-hybridized carbons (Fsp3) is 0.533. The zero-order chi connectivity index (χ0) is 15.2. The largest absolute Gasteiger partial charge is 0.392 e. The van der Waals surface area contributed by atoms with Crippen molar-refractivity contribution < 1.29 is 14.3 Å². The van der Waals surface area contributed by atoms with Crippen LogP contribution in [0.1, 0.15) is 12.5 Å². The minimum absolute atomic E-state index is 0.101. The molecule has 2 N–H and O–H groups in total. The van der Waals surface area contributed by atoms with Gasteiger partial charge in [0.05, 0.1) is 6.10 Å². The summed E-state index contributed by atoms with van der Waals surface area (Å²) in [6.07, 6.45) is -0.344. The summed E-state index contributed by atoms with van der Waals surface area (Å²) in [5.41, 5.74) is 0.873. The van der Waals surface area contributed by atoms with Gasteiger partial charge in [-0.25, -0.2) is 9.18 Å². The molecule has 1 heterocycles. The van der Waals surface area contributed by atoms with Crippen molar-refractivity contribution in [1.29, 1.82) is 0 Å². The third kappa shape index (κ3) is 4.99. The van der Waals surface area contributed by atoms with Crippen LogP contribution in [0.4, 0.5) is 9.18 Å². The first-order valence-electron chi connectivity index (χ1n) is 7.22. The maximum Gasteiger partial charge on any atom is 0.317 e. The summed E-state index contributed by atoms with van der Waals surface area (Å²) in [4.78, 5) is 16.0. The van der Waals surface area contributed by atoms with Gasteiger partial charge in [-0.2, -0.15) is 0 Å². The number of β-amino-alcohol motifs (C(OH)–C–C–N with tert-alkyl or cyclic N) is 1. The lowest BCUT2D eigenvalue weighted by molar-refractivity contribution is 0.0897. The van der Waals surface area contributed by atoms with Gasteiger partial charge in [0, 0.05) is 39.3 Å². The number of halogens is 1. The van der Waals surface area contributed by atoms with E-state index in [0.29, 0.717) is 26.2 Å². The topological polar surface area (TPSA) is 55.8 Å². The van der Waals surface area contributed by atoms with Crippen molar-refractivity contribution in [2.24, 2.45) is 0 Å². The molecule has 1 aliphatic rings. The van der Waals surface area contributed by atoms with Gasteiger partial charge in [0.1, 0.15) is 5.82 Å². The Morgan fingerprint density at radius 1 is 1.29 bits per heavy atom. The van der Waals surface area contributed by atoms with Crippen molar-refractivity contribution in [2.75, 3.05) is 32.7 Å². The van der Waals surface area contributed by atoms with Crippen LogP contribution < -0.4 is 5.32 Å². The summed E-state index contributed by atoms with van der Waals surface area (Å²) in [7, 11) is 0. The van der Waals surface area contributed by atoms with Gasteiger partial charge in [-0.15, -0.1) is 0 Å². The number of carbonyl (C=O) groups is 1. The summed E-state index contributed by atoms with van der Waals surface area (Å²) in [5.74, 6) is -0.278. The number of nitrogens with zero attached hydrogens (tertiary/aromatic N) is 2. The van der Waals surface area contributed by atoms with E-state index in [4.69, 9.17) is 0 Å². The Labute approximate surface area is 124 Å². The van der Waals surface area contributed by atoms with E-state index in [1.165, 1.54) is 12.1 Å². The van der Waals surface area contributed by atoms with Gasteiger partial charge in [-0.1, -0.05) is 12.1 Å². The maximum atomic E-state index is 12.8. The van der Waals surface area contributed by atoms with Crippen LogP contribution in [0.25, 0.3) is 0 Å². The van der Waals surface area contributed by atoms with Crippen LogP contribution in [0.3, 0.4) is 0 Å². The molecule has 6 heteroatoms. The molecule has 2 amide bonds. The summed E-state index contributed by atoms with van der Waals surface area (Å²) in [6.45, 7) is 5.66. The number of nitrogens with one attached hydrogen (secondary N) is 1. The number of amides is 2. The van der Waals surface area contributed by atoms with E-state index >= 15 is 0 Å². The third-order valence-corrected chi connectivity index (χ3v) is 3.54. The number of piperazine rings is 1. The zero-order valence-corrected chi connectivity index (χ0v) is 12.3.